The van der Waals surface area contributed by atoms with Crippen molar-refractivity contribution < 1.29 is 23.7 Å². The first-order valence-electron chi connectivity index (χ1n) is 7.87. The maximum absolute atomic E-state index is 12.1. The number of amides is 1. The largest absolute Gasteiger partial charge is 0.493 e. The Morgan fingerprint density at radius 3 is 2.50 bits per heavy atom. The minimum absolute atomic E-state index is 0.0967. The Balaban J connectivity index is 2.07. The summed E-state index contributed by atoms with van der Waals surface area (Å²) < 4.78 is 21.4. The molecule has 0 spiro atoms. The molecule has 1 heterocycles. The van der Waals surface area contributed by atoms with Crippen molar-refractivity contribution in [1.29, 1.82) is 0 Å². The van der Waals surface area contributed by atoms with Crippen molar-refractivity contribution in [2.75, 3.05) is 27.4 Å². The zero-order valence-electron chi connectivity index (χ0n) is 14.5. The highest BCUT2D eigenvalue weighted by Crippen LogP contribution is 2.28. The van der Waals surface area contributed by atoms with Crippen LogP contribution in [0.25, 0.3) is 0 Å². The molecule has 0 radical (unpaired) electrons. The van der Waals surface area contributed by atoms with Crippen LogP contribution in [0.2, 0.25) is 0 Å². The third-order valence-electron chi connectivity index (χ3n) is 3.75. The van der Waals surface area contributed by atoms with Gasteiger partial charge in [0.2, 0.25) is 5.91 Å². The van der Waals surface area contributed by atoms with E-state index in [4.69, 9.17) is 18.9 Å². The average Bonchev–Trinajstić information content (AvgIpc) is 3.01. The molecule has 2 rings (SSSR count). The molecule has 0 aromatic heterocycles. The number of ether oxygens (including phenoxy) is 4. The number of methoxy groups -OCH3 is 2. The van der Waals surface area contributed by atoms with Gasteiger partial charge in [-0.3, -0.25) is 4.79 Å². The lowest BCUT2D eigenvalue weighted by molar-refractivity contribution is -0.159. The predicted octanol–water partition coefficient (Wildman–Crippen LogP) is 2.09. The molecule has 7 heteroatoms. The van der Waals surface area contributed by atoms with Crippen LogP contribution in [0.15, 0.2) is 23.3 Å². The Morgan fingerprint density at radius 2 is 1.92 bits per heavy atom. The van der Waals surface area contributed by atoms with E-state index in [1.54, 1.807) is 21.1 Å². The van der Waals surface area contributed by atoms with Crippen molar-refractivity contribution in [3.05, 3.63) is 23.8 Å². The number of carbonyl (C=O) groups excluding carboxylic acids is 1. The lowest BCUT2D eigenvalue weighted by Crippen LogP contribution is -2.33. The van der Waals surface area contributed by atoms with Gasteiger partial charge in [0, 0.05) is 5.56 Å². The number of benzene rings is 1. The van der Waals surface area contributed by atoms with Crippen LogP contribution in [0.3, 0.4) is 0 Å². The maximum atomic E-state index is 12.1. The van der Waals surface area contributed by atoms with Gasteiger partial charge in [-0.1, -0.05) is 6.92 Å². The molecular weight excluding hydrogens is 312 g/mol. The second-order valence-corrected chi connectivity index (χ2v) is 5.52. The number of nitrogens with zero attached hydrogens (tertiary/aromatic N) is 1. The number of hydrazone groups is 1. The van der Waals surface area contributed by atoms with Crippen LogP contribution in [-0.2, 0) is 14.3 Å². The summed E-state index contributed by atoms with van der Waals surface area (Å²) in [5, 5.41) is 4.23. The molecule has 1 saturated heterocycles. The molecule has 0 atom stereocenters. The van der Waals surface area contributed by atoms with E-state index in [1.807, 2.05) is 25.1 Å². The highest BCUT2D eigenvalue weighted by molar-refractivity contribution is 6.01. The van der Waals surface area contributed by atoms with Crippen molar-refractivity contribution in [1.82, 2.24) is 5.43 Å². The predicted molar refractivity (Wildman–Crippen MR) is 89.4 cm³/mol. The molecule has 0 aliphatic carbocycles. The molecule has 1 aliphatic heterocycles. The minimum Gasteiger partial charge on any atom is -0.493 e. The number of rotatable bonds is 7. The van der Waals surface area contributed by atoms with Crippen molar-refractivity contribution in [3.8, 4) is 11.5 Å². The molecule has 1 N–H and O–H groups in total. The van der Waals surface area contributed by atoms with Gasteiger partial charge in [-0.05, 0) is 31.5 Å². The average molecular weight is 336 g/mol. The van der Waals surface area contributed by atoms with Crippen LogP contribution < -0.4 is 14.9 Å². The van der Waals surface area contributed by atoms with E-state index in [2.05, 4.69) is 10.5 Å². The normalized spacial score (nSPS) is 16.8. The van der Waals surface area contributed by atoms with Gasteiger partial charge in [0.05, 0.1) is 39.6 Å². The van der Waals surface area contributed by atoms with Crippen molar-refractivity contribution >= 4 is 11.6 Å². The summed E-state index contributed by atoms with van der Waals surface area (Å²) in [4.78, 5) is 12.1. The van der Waals surface area contributed by atoms with Crippen LogP contribution in [0.1, 0.15) is 32.3 Å². The summed E-state index contributed by atoms with van der Waals surface area (Å²) in [5.74, 6) is 0.132. The van der Waals surface area contributed by atoms with E-state index in [1.165, 1.54) is 0 Å². The van der Waals surface area contributed by atoms with Gasteiger partial charge in [-0.15, -0.1) is 0 Å². The van der Waals surface area contributed by atoms with E-state index >= 15 is 0 Å². The smallest absolute Gasteiger partial charge is 0.245 e. The standard InChI is InChI=1S/C17H24N2O5/c1-5-13(12-6-7-14(21-3)15(10-12)22-4)18-19-16(20)11-17(2)23-8-9-24-17/h6-7,10H,5,8-9,11H2,1-4H3,(H,19,20)/b18-13-. The maximum Gasteiger partial charge on any atom is 0.245 e. The zero-order chi connectivity index (χ0) is 17.6. The molecule has 1 aromatic rings. The van der Waals surface area contributed by atoms with Crippen molar-refractivity contribution in [2.24, 2.45) is 5.10 Å². The van der Waals surface area contributed by atoms with E-state index in [0.29, 0.717) is 31.1 Å². The first kappa shape index (κ1) is 18.2. The highest BCUT2D eigenvalue weighted by atomic mass is 16.7. The van der Waals surface area contributed by atoms with Gasteiger partial charge in [0.1, 0.15) is 0 Å². The number of nitrogens with one attached hydrogen (secondary N) is 1. The molecule has 24 heavy (non-hydrogen) atoms. The molecule has 0 saturated carbocycles. The summed E-state index contributed by atoms with van der Waals surface area (Å²) in [7, 11) is 3.16. The second kappa shape index (κ2) is 8.12. The Labute approximate surface area is 141 Å². The lowest BCUT2D eigenvalue weighted by atomic mass is 10.1. The summed E-state index contributed by atoms with van der Waals surface area (Å²) in [6, 6.07) is 5.51. The third kappa shape index (κ3) is 4.46. The van der Waals surface area contributed by atoms with E-state index < -0.39 is 5.79 Å². The third-order valence-corrected chi connectivity index (χ3v) is 3.75. The fourth-order valence-corrected chi connectivity index (χ4v) is 2.48. The van der Waals surface area contributed by atoms with Crippen molar-refractivity contribution in [2.45, 2.75) is 32.5 Å². The fraction of sp³-hybridized carbons (Fsp3) is 0.529. The lowest BCUT2D eigenvalue weighted by Gasteiger charge is -2.20. The molecule has 7 nitrogen and oxygen atoms in total. The monoisotopic (exact) mass is 336 g/mol. The van der Waals surface area contributed by atoms with E-state index in [0.717, 1.165) is 11.3 Å². The van der Waals surface area contributed by atoms with E-state index in [9.17, 15) is 4.79 Å². The van der Waals surface area contributed by atoms with Crippen LogP contribution in [0.4, 0.5) is 0 Å². The van der Waals surface area contributed by atoms with Gasteiger partial charge < -0.3 is 18.9 Å². The summed E-state index contributed by atoms with van der Waals surface area (Å²) in [6.45, 7) is 4.71. The van der Waals surface area contributed by atoms with Crippen LogP contribution in [0, 0.1) is 0 Å². The Morgan fingerprint density at radius 1 is 1.25 bits per heavy atom. The molecule has 0 unspecified atom stereocenters. The molecule has 1 aromatic carbocycles. The zero-order valence-corrected chi connectivity index (χ0v) is 14.5. The van der Waals surface area contributed by atoms with Crippen LogP contribution in [0.5, 0.6) is 11.5 Å². The fourth-order valence-electron chi connectivity index (χ4n) is 2.48. The Kier molecular flexibility index (Phi) is 6.16. The first-order chi connectivity index (χ1) is 11.5. The molecule has 0 bridgehead atoms. The molecule has 1 fully saturated rings. The number of hydrogen-bond donors (Lipinski definition) is 1. The van der Waals surface area contributed by atoms with Gasteiger partial charge >= 0.3 is 0 Å². The minimum atomic E-state index is -0.866. The molecular formula is C17H24N2O5. The van der Waals surface area contributed by atoms with Crippen LogP contribution >= 0.6 is 0 Å². The topological polar surface area (TPSA) is 78.4 Å². The van der Waals surface area contributed by atoms with Crippen LogP contribution in [-0.4, -0.2) is 44.8 Å². The second-order valence-electron chi connectivity index (χ2n) is 5.52. The first-order valence-corrected chi connectivity index (χ1v) is 7.87. The highest BCUT2D eigenvalue weighted by Gasteiger charge is 2.33. The summed E-state index contributed by atoms with van der Waals surface area (Å²) >= 11 is 0. The molecule has 1 amide bonds. The summed E-state index contributed by atoms with van der Waals surface area (Å²) in [5.41, 5.74) is 4.16. The van der Waals surface area contributed by atoms with E-state index in [-0.39, 0.29) is 12.3 Å². The Hall–Kier alpha value is -2.12. The SMILES string of the molecule is CC/C(=N/NC(=O)CC1(C)OCCO1)c1ccc(OC)c(OC)c1. The van der Waals surface area contributed by atoms with Gasteiger partial charge in [-0.25, -0.2) is 5.43 Å². The van der Waals surface area contributed by atoms with Gasteiger partial charge in [0.25, 0.3) is 0 Å². The van der Waals surface area contributed by atoms with Crippen molar-refractivity contribution in [3.63, 3.8) is 0 Å². The summed E-state index contributed by atoms with van der Waals surface area (Å²) in [6.07, 6.45) is 0.749. The number of hydrogen-bond acceptors (Lipinski definition) is 6. The van der Waals surface area contributed by atoms with Gasteiger partial charge in [0.15, 0.2) is 17.3 Å². The molecule has 1 aliphatic rings. The van der Waals surface area contributed by atoms with Gasteiger partial charge in [-0.2, -0.15) is 5.10 Å². The molecule has 132 valence electrons. The number of carbonyl (C=O) groups is 1. The quantitative estimate of drug-likeness (QED) is 0.609. The Bertz CT molecular complexity index is 609.